The lowest BCUT2D eigenvalue weighted by atomic mass is 10.3. The number of nitrogens with zero attached hydrogens (tertiary/aromatic N) is 3. The molecule has 0 fully saturated rings. The molecular weight excluding hydrogens is 355 g/mol. The van der Waals surface area contributed by atoms with Crippen molar-refractivity contribution in [3.63, 3.8) is 0 Å². The van der Waals surface area contributed by atoms with E-state index in [1.54, 1.807) is 34.4 Å². The van der Waals surface area contributed by atoms with Gasteiger partial charge in [-0.25, -0.2) is 14.4 Å². The Kier molecular flexibility index (Phi) is 4.04. The van der Waals surface area contributed by atoms with Crippen LogP contribution in [0.4, 0.5) is 10.3 Å². The number of nitrogens with one attached hydrogen (secondary N) is 1. The quantitative estimate of drug-likeness (QED) is 0.564. The number of hydrogen-bond acceptors (Lipinski definition) is 5. The Morgan fingerprint density at radius 3 is 2.88 bits per heavy atom. The third-order valence-electron chi connectivity index (χ3n) is 3.86. The molecule has 0 aliphatic rings. The van der Waals surface area contributed by atoms with E-state index in [1.165, 1.54) is 23.5 Å². The summed E-state index contributed by atoms with van der Waals surface area (Å²) in [6.07, 6.45) is 1.56. The molecule has 26 heavy (non-hydrogen) atoms. The summed E-state index contributed by atoms with van der Waals surface area (Å²) in [5.41, 5.74) is 1.52. The van der Waals surface area contributed by atoms with Crippen LogP contribution in [0.3, 0.4) is 0 Å². The summed E-state index contributed by atoms with van der Waals surface area (Å²) >= 11 is 1.32. The molecule has 0 unspecified atom stereocenters. The zero-order valence-corrected chi connectivity index (χ0v) is 14.9. The van der Waals surface area contributed by atoms with Crippen LogP contribution >= 0.6 is 11.3 Å². The fourth-order valence-electron chi connectivity index (χ4n) is 2.73. The molecule has 0 spiro atoms. The molecule has 0 atom stereocenters. The molecule has 4 rings (SSSR count). The molecule has 0 bridgehead atoms. The Morgan fingerprint density at radius 2 is 2.15 bits per heavy atom. The maximum atomic E-state index is 13.6. The number of hydrogen-bond donors (Lipinski definition) is 1. The van der Waals surface area contributed by atoms with Crippen LogP contribution in [0, 0.1) is 5.82 Å². The van der Waals surface area contributed by atoms with Crippen LogP contribution in [0.1, 0.15) is 30.4 Å². The number of benzene rings is 1. The van der Waals surface area contributed by atoms with Gasteiger partial charge in [0, 0.05) is 11.4 Å². The molecule has 3 heterocycles. The van der Waals surface area contributed by atoms with Gasteiger partial charge in [-0.1, -0.05) is 0 Å². The van der Waals surface area contributed by atoms with Crippen LogP contribution < -0.4 is 5.32 Å². The average molecular weight is 370 g/mol. The van der Waals surface area contributed by atoms with Crippen LogP contribution in [0.5, 0.6) is 0 Å². The van der Waals surface area contributed by atoms with Crippen LogP contribution in [-0.4, -0.2) is 20.4 Å². The number of halogens is 1. The molecule has 132 valence electrons. The number of imidazole rings is 1. The number of anilines is 1. The fraction of sp³-hybridized carbons (Fsp3) is 0.167. The number of furan rings is 1. The normalized spacial score (nSPS) is 11.4. The Balaban J connectivity index is 1.66. The first-order valence-corrected chi connectivity index (χ1v) is 8.89. The second-order valence-electron chi connectivity index (χ2n) is 6.00. The highest BCUT2D eigenvalue weighted by atomic mass is 32.1. The average Bonchev–Trinajstić information content (AvgIpc) is 3.33. The van der Waals surface area contributed by atoms with E-state index in [0.29, 0.717) is 27.7 Å². The molecule has 0 aliphatic carbocycles. The Hall–Kier alpha value is -3.00. The smallest absolute Gasteiger partial charge is 0.277 e. The van der Waals surface area contributed by atoms with Crippen molar-refractivity contribution in [2.45, 2.75) is 19.9 Å². The highest BCUT2D eigenvalue weighted by Gasteiger charge is 2.19. The molecule has 1 N–H and O–H groups in total. The number of rotatable bonds is 4. The molecule has 3 aromatic heterocycles. The summed E-state index contributed by atoms with van der Waals surface area (Å²) in [4.78, 5) is 21.3. The summed E-state index contributed by atoms with van der Waals surface area (Å²) in [7, 11) is 0. The molecule has 0 saturated carbocycles. The van der Waals surface area contributed by atoms with E-state index in [4.69, 9.17) is 4.42 Å². The van der Waals surface area contributed by atoms with Gasteiger partial charge >= 0.3 is 0 Å². The standard InChI is InChI=1S/C18H15FN4O2S/c1-10(2)23-14-8-11(19)5-6-12(14)21-18(23)22-16(24)13-9-26-17(20-13)15-4-3-7-25-15/h3-10H,1-2H3,(H,21,22,24). The number of carbonyl (C=O) groups is 1. The molecular formula is C18H15FN4O2S. The molecule has 8 heteroatoms. The first-order chi connectivity index (χ1) is 12.5. The maximum absolute atomic E-state index is 13.6. The van der Waals surface area contributed by atoms with Crippen LogP contribution in [0.15, 0.2) is 46.4 Å². The van der Waals surface area contributed by atoms with Crippen LogP contribution in [-0.2, 0) is 0 Å². The van der Waals surface area contributed by atoms with E-state index in [0.717, 1.165) is 0 Å². The van der Waals surface area contributed by atoms with Gasteiger partial charge in [-0.15, -0.1) is 11.3 Å². The molecule has 1 aromatic carbocycles. The van der Waals surface area contributed by atoms with Crippen molar-refractivity contribution in [3.05, 3.63) is 53.5 Å². The minimum absolute atomic E-state index is 0.00814. The number of fused-ring (bicyclic) bond motifs is 1. The summed E-state index contributed by atoms with van der Waals surface area (Å²) in [6, 6.07) is 7.90. The van der Waals surface area contributed by atoms with Gasteiger partial charge in [-0.2, -0.15) is 0 Å². The van der Waals surface area contributed by atoms with Gasteiger partial charge in [-0.05, 0) is 44.2 Å². The van der Waals surface area contributed by atoms with Gasteiger partial charge in [-0.3, -0.25) is 10.1 Å². The van der Waals surface area contributed by atoms with Gasteiger partial charge in [0.05, 0.1) is 17.3 Å². The molecule has 0 aliphatic heterocycles. The molecule has 0 radical (unpaired) electrons. The first kappa shape index (κ1) is 16.5. The number of carbonyl (C=O) groups excluding carboxylic acids is 1. The zero-order chi connectivity index (χ0) is 18.3. The highest BCUT2D eigenvalue weighted by Crippen LogP contribution is 2.27. The van der Waals surface area contributed by atoms with Gasteiger partial charge in [0.2, 0.25) is 5.95 Å². The second kappa shape index (κ2) is 6.38. The predicted octanol–water partition coefficient (Wildman–Crippen LogP) is 4.73. The van der Waals surface area contributed by atoms with Crippen molar-refractivity contribution in [2.75, 3.05) is 5.32 Å². The number of aromatic nitrogens is 3. The summed E-state index contributed by atoms with van der Waals surface area (Å²) in [6.45, 7) is 3.89. The maximum Gasteiger partial charge on any atom is 0.277 e. The monoisotopic (exact) mass is 370 g/mol. The molecule has 6 nitrogen and oxygen atoms in total. The SMILES string of the molecule is CC(C)n1c(NC(=O)c2csc(-c3ccco3)n2)nc2ccc(F)cc21. The van der Waals surface area contributed by atoms with Crippen LogP contribution in [0.25, 0.3) is 21.8 Å². The molecule has 1 amide bonds. The van der Waals surface area contributed by atoms with Crippen molar-refractivity contribution >= 4 is 34.2 Å². The Morgan fingerprint density at radius 1 is 1.31 bits per heavy atom. The van der Waals surface area contributed by atoms with Crippen molar-refractivity contribution < 1.29 is 13.6 Å². The fourth-order valence-corrected chi connectivity index (χ4v) is 3.50. The van der Waals surface area contributed by atoms with E-state index < -0.39 is 0 Å². The number of amides is 1. The number of thiazole rings is 1. The van der Waals surface area contributed by atoms with Crippen molar-refractivity contribution in [1.82, 2.24) is 14.5 Å². The third kappa shape index (κ3) is 2.88. The summed E-state index contributed by atoms with van der Waals surface area (Å²) in [5, 5.41) is 5.07. The lowest BCUT2D eigenvalue weighted by Gasteiger charge is -2.13. The zero-order valence-electron chi connectivity index (χ0n) is 14.1. The summed E-state index contributed by atoms with van der Waals surface area (Å²) in [5.74, 6) is 0.244. The van der Waals surface area contributed by atoms with E-state index in [9.17, 15) is 9.18 Å². The lowest BCUT2D eigenvalue weighted by Crippen LogP contribution is -2.17. The molecule has 0 saturated heterocycles. The van der Waals surface area contributed by atoms with Gasteiger partial charge in [0.1, 0.15) is 11.5 Å². The van der Waals surface area contributed by atoms with E-state index in [-0.39, 0.29) is 23.5 Å². The largest absolute Gasteiger partial charge is 0.462 e. The lowest BCUT2D eigenvalue weighted by molar-refractivity contribution is 0.102. The summed E-state index contributed by atoms with van der Waals surface area (Å²) < 4.78 is 20.7. The van der Waals surface area contributed by atoms with Gasteiger partial charge < -0.3 is 8.98 Å². The molecule has 4 aromatic rings. The first-order valence-electron chi connectivity index (χ1n) is 8.01. The van der Waals surface area contributed by atoms with E-state index >= 15 is 0 Å². The van der Waals surface area contributed by atoms with E-state index in [1.807, 2.05) is 13.8 Å². The van der Waals surface area contributed by atoms with Crippen LogP contribution in [0.2, 0.25) is 0 Å². The van der Waals surface area contributed by atoms with Crippen molar-refractivity contribution in [1.29, 1.82) is 0 Å². The van der Waals surface area contributed by atoms with Gasteiger partial charge in [0.25, 0.3) is 5.91 Å². The van der Waals surface area contributed by atoms with Crippen molar-refractivity contribution in [3.8, 4) is 10.8 Å². The predicted molar refractivity (Wildman–Crippen MR) is 97.8 cm³/mol. The van der Waals surface area contributed by atoms with Crippen molar-refractivity contribution in [2.24, 2.45) is 0 Å². The van der Waals surface area contributed by atoms with Gasteiger partial charge in [0.15, 0.2) is 10.8 Å². The Bertz CT molecular complexity index is 1080. The minimum Gasteiger partial charge on any atom is -0.462 e. The third-order valence-corrected chi connectivity index (χ3v) is 4.72. The minimum atomic E-state index is -0.378. The Labute approximate surface area is 152 Å². The van der Waals surface area contributed by atoms with E-state index in [2.05, 4.69) is 15.3 Å². The second-order valence-corrected chi connectivity index (χ2v) is 6.86. The topological polar surface area (TPSA) is 73.0 Å². The highest BCUT2D eigenvalue weighted by molar-refractivity contribution is 7.13.